The third-order valence-corrected chi connectivity index (χ3v) is 6.97. The average Bonchev–Trinajstić information content (AvgIpc) is 3.48. The summed E-state index contributed by atoms with van der Waals surface area (Å²) in [6.07, 6.45) is 7.36. The molecule has 6 rings (SSSR count). The third-order valence-electron chi connectivity index (χ3n) is 6.97. The smallest absolute Gasteiger partial charge is 0.182 e. The molecule has 2 aliphatic heterocycles. The Hall–Kier alpha value is -3.04. The Labute approximate surface area is 185 Å². The summed E-state index contributed by atoms with van der Waals surface area (Å²) in [6, 6.07) is 6.02. The zero-order valence-corrected chi connectivity index (χ0v) is 18.4. The van der Waals surface area contributed by atoms with Gasteiger partial charge in [-0.15, -0.1) is 0 Å². The maximum atomic E-state index is 10.1. The summed E-state index contributed by atoms with van der Waals surface area (Å²) in [6.45, 7) is 4.65. The first kappa shape index (κ1) is 19.6. The largest absolute Gasteiger partial charge is 0.390 e. The normalized spacial score (nSPS) is 20.7. The van der Waals surface area contributed by atoms with E-state index in [2.05, 4.69) is 22.0 Å². The first-order chi connectivity index (χ1) is 15.5. The van der Waals surface area contributed by atoms with Crippen LogP contribution in [0.5, 0.6) is 0 Å². The quantitative estimate of drug-likeness (QED) is 0.531. The molecule has 166 valence electrons. The lowest BCUT2D eigenvalue weighted by atomic mass is 9.77. The summed E-state index contributed by atoms with van der Waals surface area (Å²) in [5.41, 5.74) is 4.00. The van der Waals surface area contributed by atoms with Crippen LogP contribution in [-0.2, 0) is 18.4 Å². The molecule has 1 atom stereocenters. The van der Waals surface area contributed by atoms with Crippen molar-refractivity contribution in [2.45, 2.75) is 38.9 Å². The van der Waals surface area contributed by atoms with E-state index >= 15 is 0 Å². The van der Waals surface area contributed by atoms with E-state index in [0.29, 0.717) is 22.9 Å². The van der Waals surface area contributed by atoms with E-state index in [9.17, 15) is 5.11 Å². The highest BCUT2D eigenvalue weighted by atomic mass is 16.5. The van der Waals surface area contributed by atoms with Crippen molar-refractivity contribution < 1.29 is 9.84 Å². The molecule has 1 N–H and O–H groups in total. The molecule has 2 aliphatic rings. The van der Waals surface area contributed by atoms with Crippen molar-refractivity contribution in [3.05, 3.63) is 36.3 Å². The Kier molecular flexibility index (Phi) is 4.44. The number of aliphatic hydroxyl groups excluding tert-OH is 1. The van der Waals surface area contributed by atoms with Gasteiger partial charge in [-0.2, -0.15) is 10.2 Å². The number of ether oxygens (including phenoxy) is 1. The van der Waals surface area contributed by atoms with Crippen molar-refractivity contribution in [3.8, 4) is 5.69 Å². The van der Waals surface area contributed by atoms with Gasteiger partial charge in [0, 0.05) is 31.7 Å². The molecule has 0 bridgehead atoms. The van der Waals surface area contributed by atoms with Crippen molar-refractivity contribution in [1.82, 2.24) is 29.5 Å². The minimum atomic E-state index is -0.162. The van der Waals surface area contributed by atoms with E-state index in [1.807, 2.05) is 31.4 Å². The SMILES string of the molecule is C[C@H]1CC2(CCN(c3nc4cnn(-c5ccc6cn(C)nc6c5)c4nc3CO)CC2)CO1. The minimum absolute atomic E-state index is 0.162. The molecule has 2 saturated heterocycles. The van der Waals surface area contributed by atoms with Crippen LogP contribution in [0.15, 0.2) is 30.6 Å². The summed E-state index contributed by atoms with van der Waals surface area (Å²) in [7, 11) is 1.91. The number of piperidine rings is 1. The van der Waals surface area contributed by atoms with Crippen molar-refractivity contribution in [1.29, 1.82) is 0 Å². The van der Waals surface area contributed by atoms with Crippen LogP contribution < -0.4 is 4.90 Å². The summed E-state index contributed by atoms with van der Waals surface area (Å²) < 4.78 is 9.42. The number of aliphatic hydroxyl groups is 1. The number of aromatic nitrogens is 6. The van der Waals surface area contributed by atoms with E-state index in [1.54, 1.807) is 15.6 Å². The van der Waals surface area contributed by atoms with Crippen LogP contribution in [0.3, 0.4) is 0 Å². The average molecular weight is 434 g/mol. The van der Waals surface area contributed by atoms with Gasteiger partial charge in [0.05, 0.1) is 36.7 Å². The molecule has 9 heteroatoms. The molecular formula is C23H27N7O2. The van der Waals surface area contributed by atoms with Gasteiger partial charge in [-0.25, -0.2) is 14.6 Å². The molecule has 0 radical (unpaired) electrons. The molecule has 3 aromatic heterocycles. The summed E-state index contributed by atoms with van der Waals surface area (Å²) in [5.74, 6) is 0.765. The van der Waals surface area contributed by atoms with Crippen LogP contribution in [0.4, 0.5) is 5.82 Å². The fourth-order valence-corrected chi connectivity index (χ4v) is 5.27. The lowest BCUT2D eigenvalue weighted by Gasteiger charge is -2.39. The first-order valence-corrected chi connectivity index (χ1v) is 11.2. The second-order valence-electron chi connectivity index (χ2n) is 9.28. The molecule has 0 amide bonds. The summed E-state index contributed by atoms with van der Waals surface area (Å²) in [5, 5.41) is 20.2. The zero-order chi connectivity index (χ0) is 21.9. The summed E-state index contributed by atoms with van der Waals surface area (Å²) >= 11 is 0. The molecule has 9 nitrogen and oxygen atoms in total. The standard InChI is InChI=1S/C23H27N7O2/c1-15-10-23(14-32-15)5-7-29(8-6-23)21-20(13-31)26-22-19(25-21)11-24-30(22)17-4-3-16-12-28(2)27-18(16)9-17/h3-4,9,11-12,15,31H,5-8,10,13-14H2,1-2H3/t15-/m0/s1. The third kappa shape index (κ3) is 3.15. The molecule has 0 unspecified atom stereocenters. The van der Waals surface area contributed by atoms with Crippen molar-refractivity contribution in [2.24, 2.45) is 12.5 Å². The fourth-order valence-electron chi connectivity index (χ4n) is 5.27. The van der Waals surface area contributed by atoms with Crippen LogP contribution in [0, 0.1) is 5.41 Å². The first-order valence-electron chi connectivity index (χ1n) is 11.2. The van der Waals surface area contributed by atoms with E-state index in [0.717, 1.165) is 66.9 Å². The van der Waals surface area contributed by atoms with Gasteiger partial charge in [0.15, 0.2) is 11.5 Å². The molecule has 1 aromatic carbocycles. The molecule has 2 fully saturated rings. The molecule has 32 heavy (non-hydrogen) atoms. The maximum absolute atomic E-state index is 10.1. The van der Waals surface area contributed by atoms with E-state index in [-0.39, 0.29) is 6.61 Å². The van der Waals surface area contributed by atoms with Gasteiger partial charge in [0.2, 0.25) is 0 Å². The predicted octanol–water partition coefficient (Wildman–Crippen LogP) is 2.59. The molecule has 0 saturated carbocycles. The number of hydrogen-bond donors (Lipinski definition) is 1. The van der Waals surface area contributed by atoms with Crippen LogP contribution in [0.1, 0.15) is 31.9 Å². The second-order valence-corrected chi connectivity index (χ2v) is 9.28. The number of benzene rings is 1. The number of hydrogen-bond acceptors (Lipinski definition) is 7. The van der Waals surface area contributed by atoms with Gasteiger partial charge >= 0.3 is 0 Å². The van der Waals surface area contributed by atoms with E-state index in [1.165, 1.54) is 0 Å². The summed E-state index contributed by atoms with van der Waals surface area (Å²) in [4.78, 5) is 11.9. The Morgan fingerprint density at radius 2 is 2.03 bits per heavy atom. The number of anilines is 1. The van der Waals surface area contributed by atoms with Gasteiger partial charge in [-0.05, 0) is 49.8 Å². The van der Waals surface area contributed by atoms with Gasteiger partial charge in [0.1, 0.15) is 11.2 Å². The van der Waals surface area contributed by atoms with Gasteiger partial charge < -0.3 is 14.7 Å². The Morgan fingerprint density at radius 3 is 2.78 bits per heavy atom. The topological polar surface area (TPSA) is 94.1 Å². The molecule has 4 aromatic rings. The van der Waals surface area contributed by atoms with Gasteiger partial charge in [-0.1, -0.05) is 0 Å². The fraction of sp³-hybridized carbons (Fsp3) is 0.478. The lowest BCUT2D eigenvalue weighted by molar-refractivity contribution is 0.0975. The van der Waals surface area contributed by atoms with Crippen LogP contribution in [0.25, 0.3) is 27.8 Å². The Balaban J connectivity index is 1.33. The molecule has 1 spiro atoms. The Bertz CT molecular complexity index is 1300. The Morgan fingerprint density at radius 1 is 1.19 bits per heavy atom. The number of rotatable bonds is 3. The van der Waals surface area contributed by atoms with Crippen LogP contribution in [-0.4, -0.2) is 60.4 Å². The van der Waals surface area contributed by atoms with Gasteiger partial charge in [-0.3, -0.25) is 4.68 Å². The number of fused-ring (bicyclic) bond motifs is 2. The van der Waals surface area contributed by atoms with E-state index in [4.69, 9.17) is 14.7 Å². The van der Waals surface area contributed by atoms with Crippen LogP contribution in [0.2, 0.25) is 0 Å². The monoisotopic (exact) mass is 433 g/mol. The zero-order valence-electron chi connectivity index (χ0n) is 18.4. The van der Waals surface area contributed by atoms with Crippen molar-refractivity contribution in [2.75, 3.05) is 24.6 Å². The molecular weight excluding hydrogens is 406 g/mol. The predicted molar refractivity (Wildman–Crippen MR) is 121 cm³/mol. The van der Waals surface area contributed by atoms with Gasteiger partial charge in [0.25, 0.3) is 0 Å². The lowest BCUT2D eigenvalue weighted by Crippen LogP contribution is -2.41. The highest BCUT2D eigenvalue weighted by Gasteiger charge is 2.41. The molecule has 0 aliphatic carbocycles. The highest BCUT2D eigenvalue weighted by Crippen LogP contribution is 2.42. The number of aryl methyl sites for hydroxylation is 1. The molecule has 5 heterocycles. The minimum Gasteiger partial charge on any atom is -0.390 e. The van der Waals surface area contributed by atoms with Crippen LogP contribution >= 0.6 is 0 Å². The number of nitrogens with zero attached hydrogens (tertiary/aromatic N) is 7. The van der Waals surface area contributed by atoms with Crippen molar-refractivity contribution >= 4 is 27.9 Å². The second kappa shape index (κ2) is 7.25. The maximum Gasteiger partial charge on any atom is 0.182 e. The highest BCUT2D eigenvalue weighted by molar-refractivity contribution is 5.82. The van der Waals surface area contributed by atoms with E-state index < -0.39 is 0 Å². The van der Waals surface area contributed by atoms with Crippen molar-refractivity contribution in [3.63, 3.8) is 0 Å².